The van der Waals surface area contributed by atoms with Gasteiger partial charge in [0.05, 0.1) is 17.6 Å². The van der Waals surface area contributed by atoms with Crippen LogP contribution in [0.5, 0.6) is 11.5 Å². The van der Waals surface area contributed by atoms with E-state index in [-0.39, 0.29) is 23.0 Å². The lowest BCUT2D eigenvalue weighted by molar-refractivity contribution is -0.133. The Morgan fingerprint density at radius 1 is 1.08 bits per heavy atom. The smallest absolute Gasteiger partial charge is 0.339 e. The summed E-state index contributed by atoms with van der Waals surface area (Å²) in [5.41, 5.74) is 2.27. The van der Waals surface area contributed by atoms with Gasteiger partial charge in [-0.1, -0.05) is 18.2 Å². The number of methoxy groups -OCH3 is 1. The summed E-state index contributed by atoms with van der Waals surface area (Å²) in [5.74, 6) is -0.193. The number of aromatic hydroxyl groups is 1. The molecule has 0 aliphatic carbocycles. The molecule has 1 aliphatic heterocycles. The second-order valence-electron chi connectivity index (χ2n) is 5.61. The van der Waals surface area contributed by atoms with Gasteiger partial charge in [-0.05, 0) is 35.4 Å². The summed E-state index contributed by atoms with van der Waals surface area (Å²) in [5, 5.41) is 9.72. The number of benzene rings is 2. The molecule has 7 heteroatoms. The fraction of sp³-hybridized carbons (Fsp3) is 0.167. The molecule has 0 aromatic heterocycles. The van der Waals surface area contributed by atoms with Crippen LogP contribution >= 0.6 is 0 Å². The second-order valence-corrected chi connectivity index (χ2v) is 7.63. The minimum atomic E-state index is -3.31. The highest BCUT2D eigenvalue weighted by Gasteiger charge is 2.28. The standard InChI is InChI=1S/C18H16O6S/c1-23-16-9-12(5-8-15(16)19)14-10-24-18(20)17(14)11-3-6-13(7-4-11)25(2,21)22/h3-9,19H,10H2,1-2H3. The molecular weight excluding hydrogens is 344 g/mol. The Morgan fingerprint density at radius 2 is 1.72 bits per heavy atom. The minimum Gasteiger partial charge on any atom is -0.504 e. The van der Waals surface area contributed by atoms with Gasteiger partial charge in [0.1, 0.15) is 6.61 Å². The van der Waals surface area contributed by atoms with Gasteiger partial charge in [-0.25, -0.2) is 13.2 Å². The average molecular weight is 360 g/mol. The van der Waals surface area contributed by atoms with Crippen LogP contribution in [0.4, 0.5) is 0 Å². The Balaban J connectivity index is 2.11. The third kappa shape index (κ3) is 3.23. The van der Waals surface area contributed by atoms with Gasteiger partial charge in [-0.15, -0.1) is 0 Å². The highest BCUT2D eigenvalue weighted by atomic mass is 32.2. The Kier molecular flexibility index (Phi) is 4.26. The summed E-state index contributed by atoms with van der Waals surface area (Å²) < 4.78 is 33.4. The van der Waals surface area contributed by atoms with E-state index in [1.165, 1.54) is 25.3 Å². The van der Waals surface area contributed by atoms with Crippen LogP contribution in [0.25, 0.3) is 11.1 Å². The van der Waals surface area contributed by atoms with Crippen molar-refractivity contribution in [3.8, 4) is 11.5 Å². The third-order valence-electron chi connectivity index (χ3n) is 3.95. The number of carbonyl (C=O) groups is 1. The Labute approximate surface area is 145 Å². The third-order valence-corrected chi connectivity index (χ3v) is 5.08. The molecule has 0 bridgehead atoms. The van der Waals surface area contributed by atoms with Crippen molar-refractivity contribution in [3.05, 3.63) is 53.6 Å². The van der Waals surface area contributed by atoms with Gasteiger partial charge in [-0.2, -0.15) is 0 Å². The van der Waals surface area contributed by atoms with E-state index in [1.807, 2.05) is 0 Å². The van der Waals surface area contributed by atoms with Crippen LogP contribution in [0, 0.1) is 0 Å². The highest BCUT2D eigenvalue weighted by molar-refractivity contribution is 7.90. The minimum absolute atomic E-state index is 0.00357. The van der Waals surface area contributed by atoms with E-state index >= 15 is 0 Å². The van der Waals surface area contributed by atoms with E-state index < -0.39 is 15.8 Å². The Hall–Kier alpha value is -2.80. The first-order valence-corrected chi connectivity index (χ1v) is 9.28. The predicted molar refractivity (Wildman–Crippen MR) is 92.0 cm³/mol. The zero-order chi connectivity index (χ0) is 18.2. The molecule has 25 heavy (non-hydrogen) atoms. The fourth-order valence-electron chi connectivity index (χ4n) is 2.66. The maximum absolute atomic E-state index is 12.2. The van der Waals surface area contributed by atoms with Crippen LogP contribution in [0.2, 0.25) is 0 Å². The number of phenols is 1. The molecule has 6 nitrogen and oxygen atoms in total. The molecular formula is C18H16O6S. The number of hydrogen-bond donors (Lipinski definition) is 1. The van der Waals surface area contributed by atoms with Gasteiger partial charge in [0.15, 0.2) is 21.3 Å². The molecule has 2 aromatic rings. The first kappa shape index (κ1) is 17.0. The molecule has 130 valence electrons. The maximum Gasteiger partial charge on any atom is 0.339 e. The second kappa shape index (κ2) is 6.25. The largest absolute Gasteiger partial charge is 0.504 e. The summed E-state index contributed by atoms with van der Waals surface area (Å²) in [6.45, 7) is 0.0932. The van der Waals surface area contributed by atoms with Crippen molar-refractivity contribution in [3.63, 3.8) is 0 Å². The SMILES string of the molecule is COc1cc(C2=C(c3ccc(S(C)(=O)=O)cc3)C(=O)OC2)ccc1O. The molecule has 0 radical (unpaired) electrons. The molecule has 0 unspecified atom stereocenters. The normalized spacial score (nSPS) is 14.6. The number of ether oxygens (including phenoxy) is 2. The van der Waals surface area contributed by atoms with Gasteiger partial charge in [-0.3, -0.25) is 0 Å². The van der Waals surface area contributed by atoms with Crippen LogP contribution in [0.3, 0.4) is 0 Å². The molecule has 0 saturated carbocycles. The maximum atomic E-state index is 12.2. The van der Waals surface area contributed by atoms with E-state index in [9.17, 15) is 18.3 Å². The van der Waals surface area contributed by atoms with Gasteiger partial charge in [0, 0.05) is 11.8 Å². The van der Waals surface area contributed by atoms with Crippen molar-refractivity contribution in [2.24, 2.45) is 0 Å². The molecule has 2 aromatic carbocycles. The number of esters is 1. The molecule has 1 aliphatic rings. The fourth-order valence-corrected chi connectivity index (χ4v) is 3.29. The predicted octanol–water partition coefficient (Wildman–Crippen LogP) is 2.27. The van der Waals surface area contributed by atoms with Crippen LogP contribution in [0.15, 0.2) is 47.4 Å². The van der Waals surface area contributed by atoms with Crippen molar-refractivity contribution in [2.75, 3.05) is 20.0 Å². The van der Waals surface area contributed by atoms with Gasteiger partial charge < -0.3 is 14.6 Å². The Bertz CT molecular complexity index is 971. The number of rotatable bonds is 4. The summed E-state index contributed by atoms with van der Waals surface area (Å²) >= 11 is 0. The number of cyclic esters (lactones) is 1. The van der Waals surface area contributed by atoms with E-state index in [0.29, 0.717) is 22.3 Å². The quantitative estimate of drug-likeness (QED) is 0.842. The lowest BCUT2D eigenvalue weighted by atomic mass is 9.96. The van der Waals surface area contributed by atoms with Crippen molar-refractivity contribution in [1.29, 1.82) is 0 Å². The molecule has 0 saturated heterocycles. The van der Waals surface area contributed by atoms with Gasteiger partial charge >= 0.3 is 5.97 Å². The summed E-state index contributed by atoms with van der Waals surface area (Å²) in [4.78, 5) is 12.4. The van der Waals surface area contributed by atoms with Crippen molar-refractivity contribution < 1.29 is 27.8 Å². The molecule has 0 fully saturated rings. The van der Waals surface area contributed by atoms with Crippen LogP contribution in [-0.4, -0.2) is 39.5 Å². The van der Waals surface area contributed by atoms with E-state index in [1.54, 1.807) is 24.3 Å². The van der Waals surface area contributed by atoms with Crippen molar-refractivity contribution >= 4 is 27.0 Å². The lowest BCUT2D eigenvalue weighted by Gasteiger charge is -2.08. The summed E-state index contributed by atoms with van der Waals surface area (Å²) in [7, 11) is -1.87. The van der Waals surface area contributed by atoms with E-state index in [4.69, 9.17) is 9.47 Å². The Morgan fingerprint density at radius 3 is 2.32 bits per heavy atom. The van der Waals surface area contributed by atoms with Crippen molar-refractivity contribution in [2.45, 2.75) is 4.90 Å². The summed E-state index contributed by atoms with van der Waals surface area (Å²) in [6.07, 6.45) is 1.12. The van der Waals surface area contributed by atoms with Crippen LogP contribution in [-0.2, 0) is 19.4 Å². The number of hydrogen-bond acceptors (Lipinski definition) is 6. The monoisotopic (exact) mass is 360 g/mol. The molecule has 1 heterocycles. The van der Waals surface area contributed by atoms with Crippen molar-refractivity contribution in [1.82, 2.24) is 0 Å². The van der Waals surface area contributed by atoms with Gasteiger partial charge in [0.25, 0.3) is 0 Å². The van der Waals surface area contributed by atoms with Gasteiger partial charge in [0.2, 0.25) is 0 Å². The molecule has 0 atom stereocenters. The van der Waals surface area contributed by atoms with E-state index in [0.717, 1.165) is 6.26 Å². The molecule has 0 amide bonds. The topological polar surface area (TPSA) is 89.9 Å². The van der Waals surface area contributed by atoms with Crippen LogP contribution in [0.1, 0.15) is 11.1 Å². The number of sulfone groups is 1. The molecule has 1 N–H and O–H groups in total. The lowest BCUT2D eigenvalue weighted by Crippen LogP contribution is -2.00. The van der Waals surface area contributed by atoms with E-state index in [2.05, 4.69) is 0 Å². The first-order chi connectivity index (χ1) is 11.8. The van der Waals surface area contributed by atoms with Crippen LogP contribution < -0.4 is 4.74 Å². The number of phenolic OH excluding ortho intramolecular Hbond substituents is 1. The zero-order valence-corrected chi connectivity index (χ0v) is 14.5. The molecule has 3 rings (SSSR count). The zero-order valence-electron chi connectivity index (χ0n) is 13.6. The average Bonchev–Trinajstić information content (AvgIpc) is 2.96. The number of carbonyl (C=O) groups excluding carboxylic acids is 1. The highest BCUT2D eigenvalue weighted by Crippen LogP contribution is 2.36. The summed E-state index contributed by atoms with van der Waals surface area (Å²) in [6, 6.07) is 10.8. The first-order valence-electron chi connectivity index (χ1n) is 7.39. The molecule has 0 spiro atoms.